The summed E-state index contributed by atoms with van der Waals surface area (Å²) in [5, 5.41) is 6.43. The van der Waals surface area contributed by atoms with Gasteiger partial charge in [-0.15, -0.1) is 0 Å². The maximum Gasteiger partial charge on any atom is 0.332 e. The predicted molar refractivity (Wildman–Crippen MR) is 164 cm³/mol. The number of rotatable bonds is 10. The topological polar surface area (TPSA) is 55.4 Å². The molecule has 0 bridgehead atoms. The van der Waals surface area contributed by atoms with Crippen molar-refractivity contribution < 1.29 is 14.3 Å². The molecule has 0 saturated heterocycles. The number of hydrogen-bond acceptors (Lipinski definition) is 3. The average molecular weight is 545 g/mol. The lowest BCUT2D eigenvalue weighted by Gasteiger charge is -2.30. The van der Waals surface area contributed by atoms with Crippen LogP contribution in [0.5, 0.6) is 0 Å². The van der Waals surface area contributed by atoms with Gasteiger partial charge in [0.2, 0.25) is 0 Å². The molecule has 1 N–H and O–H groups in total. The Morgan fingerprint density at radius 3 is 1.43 bits per heavy atom. The lowest BCUT2D eigenvalue weighted by molar-refractivity contribution is -0.146. The van der Waals surface area contributed by atoms with E-state index in [0.717, 1.165) is 21.5 Å². The van der Waals surface area contributed by atoms with Gasteiger partial charge in [0.15, 0.2) is 6.04 Å². The van der Waals surface area contributed by atoms with Crippen LogP contribution in [-0.2, 0) is 16.1 Å². The van der Waals surface area contributed by atoms with Gasteiger partial charge in [-0.2, -0.15) is 0 Å². The molecule has 0 spiro atoms. The minimum absolute atomic E-state index is 0.130. The lowest BCUT2D eigenvalue weighted by atomic mass is 10.2. The highest BCUT2D eigenvalue weighted by Crippen LogP contribution is 2.55. The molecule has 5 heteroatoms. The van der Waals surface area contributed by atoms with Crippen LogP contribution in [0.1, 0.15) is 15.9 Å². The van der Waals surface area contributed by atoms with Crippen LogP contribution in [0.2, 0.25) is 0 Å². The van der Waals surface area contributed by atoms with E-state index in [9.17, 15) is 9.59 Å². The molecule has 0 saturated carbocycles. The van der Waals surface area contributed by atoms with Crippen molar-refractivity contribution in [3.63, 3.8) is 0 Å². The van der Waals surface area contributed by atoms with Gasteiger partial charge in [-0.25, -0.2) is 4.79 Å². The number of benzene rings is 5. The Morgan fingerprint density at radius 2 is 0.975 bits per heavy atom. The summed E-state index contributed by atoms with van der Waals surface area (Å²) < 4.78 is 5.84. The third-order valence-corrected chi connectivity index (χ3v) is 11.3. The third-order valence-electron chi connectivity index (χ3n) is 6.90. The van der Waals surface area contributed by atoms with E-state index in [2.05, 4.69) is 41.7 Å². The molecule has 0 unspecified atom stereocenters. The SMILES string of the molecule is O=C(N[C@H](C[P+](c1ccccc1)(c1ccccc1)c1ccccc1)C(=O)OCc1ccccc1)c1ccccc1. The van der Waals surface area contributed by atoms with E-state index < -0.39 is 19.3 Å². The van der Waals surface area contributed by atoms with E-state index >= 15 is 0 Å². The molecule has 0 aliphatic heterocycles. The largest absolute Gasteiger partial charge is 0.459 e. The number of carbonyl (C=O) groups is 2. The van der Waals surface area contributed by atoms with Gasteiger partial charge in [0.05, 0.1) is 0 Å². The first kappa shape index (κ1) is 27.1. The molecule has 5 rings (SSSR count). The van der Waals surface area contributed by atoms with E-state index in [0.29, 0.717) is 11.7 Å². The van der Waals surface area contributed by atoms with Crippen LogP contribution in [0.15, 0.2) is 152 Å². The van der Waals surface area contributed by atoms with Gasteiger partial charge in [0.25, 0.3) is 5.91 Å². The Bertz CT molecular complexity index is 1420. The summed E-state index contributed by atoms with van der Waals surface area (Å²) in [4.78, 5) is 27.3. The van der Waals surface area contributed by atoms with E-state index in [1.165, 1.54) is 0 Å². The standard InChI is InChI=1S/C35H30NO3P/c37-34(29-18-8-2-9-19-29)36-33(35(38)39-26-28-16-6-1-7-17-28)27-40(30-20-10-3-11-21-30,31-22-12-4-13-23-31)32-24-14-5-15-25-32/h1-25,33H,26-27H2/p+1/t33-/m1/s1. The monoisotopic (exact) mass is 544 g/mol. The molecule has 40 heavy (non-hydrogen) atoms. The molecule has 0 heterocycles. The second kappa shape index (κ2) is 13.0. The van der Waals surface area contributed by atoms with Crippen molar-refractivity contribution in [3.8, 4) is 0 Å². The van der Waals surface area contributed by atoms with Gasteiger partial charge in [0, 0.05) is 5.56 Å². The zero-order valence-corrected chi connectivity index (χ0v) is 23.0. The molecular formula is C35H31NO3P+. The van der Waals surface area contributed by atoms with Gasteiger partial charge < -0.3 is 10.1 Å². The smallest absolute Gasteiger partial charge is 0.332 e. The molecule has 4 nitrogen and oxygen atoms in total. The summed E-state index contributed by atoms with van der Waals surface area (Å²) in [7, 11) is -2.42. The summed E-state index contributed by atoms with van der Waals surface area (Å²) in [6.07, 6.45) is 0.372. The predicted octanol–water partition coefficient (Wildman–Crippen LogP) is 5.52. The number of esters is 1. The molecule has 0 aliphatic rings. The minimum atomic E-state index is -2.42. The summed E-state index contributed by atoms with van der Waals surface area (Å²) in [6, 6.07) is 48.6. The number of hydrogen-bond donors (Lipinski definition) is 1. The highest BCUT2D eigenvalue weighted by molar-refractivity contribution is 7.95. The first-order valence-electron chi connectivity index (χ1n) is 13.3. The van der Waals surface area contributed by atoms with Crippen molar-refractivity contribution in [1.82, 2.24) is 5.32 Å². The Hall–Kier alpha value is -4.53. The fourth-order valence-corrected chi connectivity index (χ4v) is 9.28. The molecule has 1 amide bonds. The minimum Gasteiger partial charge on any atom is -0.459 e. The van der Waals surface area contributed by atoms with Crippen molar-refractivity contribution in [3.05, 3.63) is 163 Å². The molecule has 5 aromatic carbocycles. The Kier molecular flexibility index (Phi) is 8.80. The molecular weight excluding hydrogens is 513 g/mol. The Balaban J connectivity index is 1.59. The van der Waals surface area contributed by atoms with Crippen molar-refractivity contribution in [2.24, 2.45) is 0 Å². The molecule has 198 valence electrons. The summed E-state index contributed by atoms with van der Waals surface area (Å²) in [5.41, 5.74) is 1.38. The summed E-state index contributed by atoms with van der Waals surface area (Å²) >= 11 is 0. The first-order chi connectivity index (χ1) is 19.7. The lowest BCUT2D eigenvalue weighted by Crippen LogP contribution is -2.48. The average Bonchev–Trinajstić information content (AvgIpc) is 3.04. The maximum atomic E-state index is 13.8. The van der Waals surface area contributed by atoms with Crippen molar-refractivity contribution in [1.29, 1.82) is 0 Å². The van der Waals surface area contributed by atoms with Gasteiger partial charge in [-0.3, -0.25) is 4.79 Å². The van der Waals surface area contributed by atoms with Crippen LogP contribution >= 0.6 is 7.26 Å². The zero-order chi connectivity index (χ0) is 27.6. The zero-order valence-electron chi connectivity index (χ0n) is 22.1. The van der Waals surface area contributed by atoms with Crippen molar-refractivity contribution >= 4 is 35.1 Å². The quantitative estimate of drug-likeness (QED) is 0.186. The fourth-order valence-electron chi connectivity index (χ4n) is 4.92. The van der Waals surface area contributed by atoms with Gasteiger partial charge in [-0.05, 0) is 54.1 Å². The van der Waals surface area contributed by atoms with Crippen LogP contribution in [-0.4, -0.2) is 24.1 Å². The molecule has 0 radical (unpaired) electrons. The molecule has 0 aromatic heterocycles. The van der Waals surface area contributed by atoms with Crippen LogP contribution in [0.4, 0.5) is 0 Å². The van der Waals surface area contributed by atoms with E-state index in [4.69, 9.17) is 4.74 Å². The van der Waals surface area contributed by atoms with Crippen molar-refractivity contribution in [2.45, 2.75) is 12.6 Å². The van der Waals surface area contributed by atoms with E-state index in [-0.39, 0.29) is 12.5 Å². The number of carbonyl (C=O) groups excluding carboxylic acids is 2. The highest BCUT2D eigenvalue weighted by Gasteiger charge is 2.49. The fraction of sp³-hybridized carbons (Fsp3) is 0.0857. The Morgan fingerprint density at radius 1 is 0.575 bits per heavy atom. The summed E-state index contributed by atoms with van der Waals surface area (Å²) in [5.74, 6) is -0.769. The molecule has 0 fully saturated rings. The number of ether oxygens (including phenoxy) is 1. The molecule has 1 atom stereocenters. The maximum absolute atomic E-state index is 13.8. The molecule has 0 aliphatic carbocycles. The second-order valence-corrected chi connectivity index (χ2v) is 13.0. The second-order valence-electron chi connectivity index (χ2n) is 9.48. The number of nitrogens with one attached hydrogen (secondary N) is 1. The van der Waals surface area contributed by atoms with Crippen LogP contribution < -0.4 is 21.2 Å². The first-order valence-corrected chi connectivity index (χ1v) is 15.3. The highest BCUT2D eigenvalue weighted by atomic mass is 31.2. The van der Waals surface area contributed by atoms with E-state index in [1.54, 1.807) is 12.1 Å². The van der Waals surface area contributed by atoms with E-state index in [1.807, 2.05) is 103 Å². The van der Waals surface area contributed by atoms with Gasteiger partial charge >= 0.3 is 5.97 Å². The van der Waals surface area contributed by atoms with Gasteiger partial charge in [0.1, 0.15) is 35.9 Å². The third kappa shape index (κ3) is 6.20. The van der Waals surface area contributed by atoms with Crippen LogP contribution in [0.3, 0.4) is 0 Å². The van der Waals surface area contributed by atoms with Crippen LogP contribution in [0, 0.1) is 0 Å². The summed E-state index contributed by atoms with van der Waals surface area (Å²) in [6.45, 7) is 0.130. The van der Waals surface area contributed by atoms with Gasteiger partial charge in [-0.1, -0.05) is 103 Å². The Labute approximate surface area is 236 Å². The normalized spacial score (nSPS) is 11.8. The number of amides is 1. The van der Waals surface area contributed by atoms with Crippen LogP contribution in [0.25, 0.3) is 0 Å². The van der Waals surface area contributed by atoms with Crippen molar-refractivity contribution in [2.75, 3.05) is 6.16 Å². The molecule has 5 aromatic rings.